The molecule has 0 bridgehead atoms. The van der Waals surface area contributed by atoms with Crippen LogP contribution in [0.4, 0.5) is 5.69 Å². The highest BCUT2D eigenvalue weighted by atomic mass is 35.5. The Morgan fingerprint density at radius 1 is 1.50 bits per heavy atom. The first-order chi connectivity index (χ1) is 8.63. The number of nitrogens with one attached hydrogen (secondary N) is 1. The van der Waals surface area contributed by atoms with Crippen molar-refractivity contribution in [2.45, 2.75) is 45.7 Å². The predicted octanol–water partition coefficient (Wildman–Crippen LogP) is 4.00. The molecule has 2 unspecified atom stereocenters. The van der Waals surface area contributed by atoms with Crippen LogP contribution < -0.4 is 10.2 Å². The third kappa shape index (κ3) is 2.81. The Labute approximate surface area is 115 Å². The maximum Gasteiger partial charge on any atom is 0.0642 e. The van der Waals surface area contributed by atoms with Crippen LogP contribution in [-0.4, -0.2) is 19.1 Å². The number of anilines is 1. The Balaban J connectivity index is 2.19. The molecule has 18 heavy (non-hydrogen) atoms. The molecule has 1 saturated heterocycles. The van der Waals surface area contributed by atoms with Crippen LogP contribution in [-0.2, 0) is 0 Å². The second-order valence-corrected chi connectivity index (χ2v) is 5.58. The van der Waals surface area contributed by atoms with Crippen molar-refractivity contribution in [1.29, 1.82) is 0 Å². The molecule has 1 N–H and O–H groups in total. The van der Waals surface area contributed by atoms with Crippen LogP contribution in [0.3, 0.4) is 0 Å². The molecule has 0 aliphatic carbocycles. The van der Waals surface area contributed by atoms with E-state index in [0.717, 1.165) is 18.1 Å². The summed E-state index contributed by atoms with van der Waals surface area (Å²) >= 11 is 6.45. The zero-order valence-corrected chi connectivity index (χ0v) is 12.3. The number of nitrogens with zero attached hydrogens (tertiary/aromatic N) is 1. The summed E-state index contributed by atoms with van der Waals surface area (Å²) < 4.78 is 0. The Morgan fingerprint density at radius 3 is 2.83 bits per heavy atom. The fourth-order valence-corrected chi connectivity index (χ4v) is 3.04. The summed E-state index contributed by atoms with van der Waals surface area (Å²) in [7, 11) is 0. The van der Waals surface area contributed by atoms with Gasteiger partial charge in [-0.05, 0) is 50.9 Å². The van der Waals surface area contributed by atoms with Crippen LogP contribution in [0.2, 0.25) is 5.02 Å². The molecule has 0 amide bonds. The second-order valence-electron chi connectivity index (χ2n) is 5.17. The normalized spacial score (nSPS) is 21.3. The monoisotopic (exact) mass is 266 g/mol. The molecule has 0 radical (unpaired) electrons. The highest BCUT2D eigenvalue weighted by Gasteiger charge is 2.22. The fourth-order valence-electron chi connectivity index (χ4n) is 2.74. The van der Waals surface area contributed by atoms with Crippen molar-refractivity contribution in [2.24, 2.45) is 0 Å². The van der Waals surface area contributed by atoms with Crippen molar-refractivity contribution in [2.75, 3.05) is 18.0 Å². The molecule has 0 saturated carbocycles. The maximum absolute atomic E-state index is 6.45. The van der Waals surface area contributed by atoms with Crippen LogP contribution in [0.1, 0.15) is 45.2 Å². The van der Waals surface area contributed by atoms with Gasteiger partial charge in [0.2, 0.25) is 0 Å². The largest absolute Gasteiger partial charge is 0.368 e. The lowest BCUT2D eigenvalue weighted by Crippen LogP contribution is -2.26. The molecule has 0 spiro atoms. The number of hydrogen-bond donors (Lipinski definition) is 1. The van der Waals surface area contributed by atoms with Crippen LogP contribution in [0, 0.1) is 0 Å². The third-order valence-corrected chi connectivity index (χ3v) is 4.15. The summed E-state index contributed by atoms with van der Waals surface area (Å²) in [5, 5.41) is 4.30. The maximum atomic E-state index is 6.45. The van der Waals surface area contributed by atoms with Crippen molar-refractivity contribution >= 4 is 17.3 Å². The molecule has 2 nitrogen and oxygen atoms in total. The zero-order valence-electron chi connectivity index (χ0n) is 11.5. The van der Waals surface area contributed by atoms with Gasteiger partial charge in [0.1, 0.15) is 0 Å². The highest BCUT2D eigenvalue weighted by molar-refractivity contribution is 6.33. The van der Waals surface area contributed by atoms with E-state index in [-0.39, 0.29) is 0 Å². The van der Waals surface area contributed by atoms with Gasteiger partial charge in [-0.3, -0.25) is 0 Å². The van der Waals surface area contributed by atoms with Gasteiger partial charge in [-0.25, -0.2) is 0 Å². The Morgan fingerprint density at radius 2 is 2.28 bits per heavy atom. The van der Waals surface area contributed by atoms with Gasteiger partial charge in [0.15, 0.2) is 0 Å². The van der Waals surface area contributed by atoms with Gasteiger partial charge in [0.25, 0.3) is 0 Å². The first-order valence-corrected chi connectivity index (χ1v) is 7.30. The zero-order chi connectivity index (χ0) is 13.1. The van der Waals surface area contributed by atoms with Crippen LogP contribution in [0.25, 0.3) is 0 Å². The Bertz CT molecular complexity index is 405. The van der Waals surface area contributed by atoms with Gasteiger partial charge in [-0.1, -0.05) is 24.6 Å². The standard InChI is InChI=1S/C15H23ClN2/c1-4-17-12(3)13-7-8-15(14(16)10-13)18-9-5-6-11(18)2/h7-8,10-12,17H,4-6,9H2,1-3H3. The first kappa shape index (κ1) is 13.7. The quantitative estimate of drug-likeness (QED) is 0.886. The minimum absolute atomic E-state index is 0.359. The van der Waals surface area contributed by atoms with Crippen LogP contribution >= 0.6 is 11.6 Å². The Kier molecular flexibility index (Phi) is 4.52. The topological polar surface area (TPSA) is 15.3 Å². The van der Waals surface area contributed by atoms with Crippen molar-refractivity contribution in [1.82, 2.24) is 5.32 Å². The van der Waals surface area contributed by atoms with Gasteiger partial charge in [-0.2, -0.15) is 0 Å². The van der Waals surface area contributed by atoms with Gasteiger partial charge >= 0.3 is 0 Å². The average Bonchev–Trinajstić information content (AvgIpc) is 2.75. The van der Waals surface area contributed by atoms with E-state index in [1.54, 1.807) is 0 Å². The SMILES string of the molecule is CCNC(C)c1ccc(N2CCCC2C)c(Cl)c1. The molecule has 0 aromatic heterocycles. The van der Waals surface area contributed by atoms with E-state index in [9.17, 15) is 0 Å². The first-order valence-electron chi connectivity index (χ1n) is 6.93. The summed E-state index contributed by atoms with van der Waals surface area (Å²) in [5.41, 5.74) is 2.45. The molecule has 1 heterocycles. The highest BCUT2D eigenvalue weighted by Crippen LogP contribution is 2.33. The summed E-state index contributed by atoms with van der Waals surface area (Å²) in [6.45, 7) is 8.68. The number of halogens is 1. The third-order valence-electron chi connectivity index (χ3n) is 3.84. The molecule has 1 aliphatic heterocycles. The summed E-state index contributed by atoms with van der Waals surface area (Å²) in [4.78, 5) is 2.42. The van der Waals surface area contributed by atoms with E-state index in [0.29, 0.717) is 12.1 Å². The minimum Gasteiger partial charge on any atom is -0.368 e. The van der Waals surface area contributed by atoms with Crippen LogP contribution in [0.5, 0.6) is 0 Å². The van der Waals surface area contributed by atoms with Gasteiger partial charge < -0.3 is 10.2 Å². The molecule has 1 fully saturated rings. The molecule has 2 atom stereocenters. The molecule has 1 aromatic rings. The Hall–Kier alpha value is -0.730. The fraction of sp³-hybridized carbons (Fsp3) is 0.600. The van der Waals surface area contributed by atoms with Gasteiger partial charge in [0, 0.05) is 18.6 Å². The van der Waals surface area contributed by atoms with Gasteiger partial charge in [0.05, 0.1) is 10.7 Å². The lowest BCUT2D eigenvalue weighted by atomic mass is 10.1. The minimum atomic E-state index is 0.359. The second kappa shape index (κ2) is 5.94. The van der Waals surface area contributed by atoms with Gasteiger partial charge in [-0.15, -0.1) is 0 Å². The predicted molar refractivity (Wildman–Crippen MR) is 79.6 cm³/mol. The summed E-state index contributed by atoms with van der Waals surface area (Å²) in [5.74, 6) is 0. The molecule has 1 aromatic carbocycles. The average molecular weight is 267 g/mol. The van der Waals surface area contributed by atoms with E-state index in [1.165, 1.54) is 24.1 Å². The van der Waals surface area contributed by atoms with Crippen LogP contribution in [0.15, 0.2) is 18.2 Å². The molecule has 100 valence electrons. The lowest BCUT2D eigenvalue weighted by Gasteiger charge is -2.25. The van der Waals surface area contributed by atoms with E-state index < -0.39 is 0 Å². The lowest BCUT2D eigenvalue weighted by molar-refractivity contribution is 0.598. The van der Waals surface area contributed by atoms with Crippen molar-refractivity contribution < 1.29 is 0 Å². The smallest absolute Gasteiger partial charge is 0.0642 e. The van der Waals surface area contributed by atoms with E-state index in [4.69, 9.17) is 11.6 Å². The van der Waals surface area contributed by atoms with Crippen molar-refractivity contribution in [3.8, 4) is 0 Å². The van der Waals surface area contributed by atoms with E-state index in [1.807, 2.05) is 0 Å². The molecular formula is C15H23ClN2. The number of benzene rings is 1. The molecular weight excluding hydrogens is 244 g/mol. The molecule has 1 aliphatic rings. The van der Waals surface area contributed by atoms with Crippen molar-refractivity contribution in [3.63, 3.8) is 0 Å². The van der Waals surface area contributed by atoms with Crippen molar-refractivity contribution in [3.05, 3.63) is 28.8 Å². The number of rotatable bonds is 4. The summed E-state index contributed by atoms with van der Waals surface area (Å²) in [6, 6.07) is 7.44. The molecule has 2 rings (SSSR count). The summed E-state index contributed by atoms with van der Waals surface area (Å²) in [6.07, 6.45) is 2.54. The molecule has 3 heteroatoms. The number of hydrogen-bond acceptors (Lipinski definition) is 2. The van der Waals surface area contributed by atoms with E-state index in [2.05, 4.69) is 49.2 Å². The van der Waals surface area contributed by atoms with E-state index >= 15 is 0 Å².